The number of rotatable bonds is 2. The smallest absolute Gasteiger partial charge is 0.152 e. The van der Waals surface area contributed by atoms with Crippen molar-refractivity contribution < 1.29 is 8.42 Å². The Morgan fingerprint density at radius 2 is 1.94 bits per heavy atom. The Hall–Kier alpha value is -0.140. The summed E-state index contributed by atoms with van der Waals surface area (Å²) in [4.78, 5) is 2.20. The molecule has 0 unspecified atom stereocenters. The zero-order valence-electron chi connectivity index (χ0n) is 8.89. The van der Waals surface area contributed by atoms with Gasteiger partial charge in [0.25, 0.3) is 0 Å². The zero-order chi connectivity index (χ0) is 11.6. The second-order valence-corrected chi connectivity index (χ2v) is 7.61. The molecule has 0 aliphatic carbocycles. The normalized spacial score (nSPS) is 20.8. The number of sulfone groups is 1. The van der Waals surface area contributed by atoms with Crippen molar-refractivity contribution in [2.75, 3.05) is 24.6 Å². The SMILES string of the molecule is O=S1(=O)CCN(Cc2cccc(I)c2)CC1. The average Bonchev–Trinajstić information content (AvgIpc) is 2.21. The van der Waals surface area contributed by atoms with Crippen LogP contribution in [0.15, 0.2) is 24.3 Å². The van der Waals surface area contributed by atoms with Crippen molar-refractivity contribution in [1.29, 1.82) is 0 Å². The summed E-state index contributed by atoms with van der Waals surface area (Å²) in [6.07, 6.45) is 0. The molecule has 2 rings (SSSR count). The minimum atomic E-state index is -2.76. The van der Waals surface area contributed by atoms with Gasteiger partial charge in [0.05, 0.1) is 11.5 Å². The summed E-state index contributed by atoms with van der Waals surface area (Å²) < 4.78 is 23.8. The molecule has 88 valence electrons. The van der Waals surface area contributed by atoms with Crippen LogP contribution in [0.2, 0.25) is 0 Å². The molecule has 0 N–H and O–H groups in total. The predicted molar refractivity (Wildman–Crippen MR) is 73.1 cm³/mol. The summed E-state index contributed by atoms with van der Waals surface area (Å²) in [6, 6.07) is 8.33. The number of hydrogen-bond donors (Lipinski definition) is 0. The minimum absolute atomic E-state index is 0.303. The van der Waals surface area contributed by atoms with E-state index in [9.17, 15) is 8.42 Å². The fraction of sp³-hybridized carbons (Fsp3) is 0.455. The Bertz CT molecular complexity index is 459. The van der Waals surface area contributed by atoms with Crippen molar-refractivity contribution in [1.82, 2.24) is 4.90 Å². The lowest BCUT2D eigenvalue weighted by molar-refractivity contribution is 0.287. The van der Waals surface area contributed by atoms with Gasteiger partial charge in [-0.15, -0.1) is 0 Å². The summed E-state index contributed by atoms with van der Waals surface area (Å²) in [5.41, 5.74) is 1.26. The first-order valence-electron chi connectivity index (χ1n) is 5.22. The maximum absolute atomic E-state index is 11.3. The third-order valence-corrected chi connectivity index (χ3v) is 5.01. The van der Waals surface area contributed by atoms with Crippen LogP contribution in [0.4, 0.5) is 0 Å². The molecular weight excluding hydrogens is 337 g/mol. The average molecular weight is 351 g/mol. The van der Waals surface area contributed by atoms with Gasteiger partial charge in [-0.2, -0.15) is 0 Å². The van der Waals surface area contributed by atoms with Gasteiger partial charge < -0.3 is 0 Å². The van der Waals surface area contributed by atoms with E-state index in [2.05, 4.69) is 45.7 Å². The molecule has 1 aromatic rings. The molecule has 1 heterocycles. The Kier molecular flexibility index (Phi) is 3.86. The summed E-state index contributed by atoms with van der Waals surface area (Å²) in [7, 11) is -2.76. The quantitative estimate of drug-likeness (QED) is 0.759. The maximum Gasteiger partial charge on any atom is 0.152 e. The predicted octanol–water partition coefficient (Wildman–Crippen LogP) is 1.52. The second kappa shape index (κ2) is 5.01. The van der Waals surface area contributed by atoms with E-state index in [1.165, 1.54) is 9.13 Å². The molecule has 1 aromatic carbocycles. The zero-order valence-corrected chi connectivity index (χ0v) is 11.9. The fourth-order valence-corrected chi connectivity index (χ4v) is 3.69. The third-order valence-electron chi connectivity index (χ3n) is 2.73. The van der Waals surface area contributed by atoms with Gasteiger partial charge in [-0.3, -0.25) is 4.90 Å². The van der Waals surface area contributed by atoms with Crippen LogP contribution in [0.1, 0.15) is 5.56 Å². The van der Waals surface area contributed by atoms with Gasteiger partial charge in [0, 0.05) is 23.2 Å². The number of nitrogens with zero attached hydrogens (tertiary/aromatic N) is 1. The van der Waals surface area contributed by atoms with Crippen LogP contribution < -0.4 is 0 Å². The van der Waals surface area contributed by atoms with Gasteiger partial charge in [0.15, 0.2) is 9.84 Å². The summed E-state index contributed by atoms with van der Waals surface area (Å²) >= 11 is 2.29. The van der Waals surface area contributed by atoms with Gasteiger partial charge in [-0.1, -0.05) is 12.1 Å². The van der Waals surface area contributed by atoms with Gasteiger partial charge in [0.1, 0.15) is 0 Å². The van der Waals surface area contributed by atoms with Crippen LogP contribution in [0.5, 0.6) is 0 Å². The summed E-state index contributed by atoms with van der Waals surface area (Å²) in [6.45, 7) is 2.17. The molecule has 1 aliphatic heterocycles. The maximum atomic E-state index is 11.3. The van der Waals surface area contributed by atoms with Crippen molar-refractivity contribution in [3.63, 3.8) is 0 Å². The molecule has 1 saturated heterocycles. The van der Waals surface area contributed by atoms with Crippen LogP contribution in [0, 0.1) is 3.57 Å². The Morgan fingerprint density at radius 3 is 2.56 bits per heavy atom. The van der Waals surface area contributed by atoms with E-state index in [1.807, 2.05) is 6.07 Å². The molecule has 0 saturated carbocycles. The largest absolute Gasteiger partial charge is 0.297 e. The molecule has 0 spiro atoms. The van der Waals surface area contributed by atoms with Crippen LogP contribution >= 0.6 is 22.6 Å². The van der Waals surface area contributed by atoms with Crippen LogP contribution in [-0.4, -0.2) is 37.9 Å². The minimum Gasteiger partial charge on any atom is -0.297 e. The fourth-order valence-electron chi connectivity index (χ4n) is 1.80. The molecule has 3 nitrogen and oxygen atoms in total. The van der Waals surface area contributed by atoms with Gasteiger partial charge in [-0.05, 0) is 40.3 Å². The summed E-state index contributed by atoms with van der Waals surface area (Å²) in [5, 5.41) is 0. The first-order valence-corrected chi connectivity index (χ1v) is 8.12. The van der Waals surface area contributed by atoms with E-state index >= 15 is 0 Å². The third kappa shape index (κ3) is 3.43. The van der Waals surface area contributed by atoms with Crippen molar-refractivity contribution in [3.8, 4) is 0 Å². The molecule has 0 aromatic heterocycles. The van der Waals surface area contributed by atoms with Gasteiger partial charge >= 0.3 is 0 Å². The molecule has 0 amide bonds. The van der Waals surface area contributed by atoms with Gasteiger partial charge in [0.2, 0.25) is 0 Å². The van der Waals surface area contributed by atoms with E-state index in [0.717, 1.165) is 6.54 Å². The first-order chi connectivity index (χ1) is 7.55. The number of benzene rings is 1. The van der Waals surface area contributed by atoms with Crippen LogP contribution in [0.3, 0.4) is 0 Å². The molecule has 0 atom stereocenters. The highest BCUT2D eigenvalue weighted by molar-refractivity contribution is 14.1. The molecule has 16 heavy (non-hydrogen) atoms. The standard InChI is InChI=1S/C11H14INO2S/c12-11-3-1-2-10(8-11)9-13-4-6-16(14,15)7-5-13/h1-3,8H,4-7,9H2. The van der Waals surface area contributed by atoms with Crippen LogP contribution in [-0.2, 0) is 16.4 Å². The molecule has 0 bridgehead atoms. The molecule has 5 heteroatoms. The Morgan fingerprint density at radius 1 is 1.25 bits per heavy atom. The Labute approximate surface area is 110 Å². The number of hydrogen-bond acceptors (Lipinski definition) is 3. The highest BCUT2D eigenvalue weighted by Crippen LogP contribution is 2.12. The highest BCUT2D eigenvalue weighted by Gasteiger charge is 2.21. The number of halogens is 1. The highest BCUT2D eigenvalue weighted by atomic mass is 127. The van der Waals surface area contributed by atoms with E-state index in [0.29, 0.717) is 24.6 Å². The molecular formula is C11H14INO2S. The lowest BCUT2D eigenvalue weighted by Gasteiger charge is -2.26. The van der Waals surface area contributed by atoms with Crippen molar-refractivity contribution >= 4 is 32.4 Å². The van der Waals surface area contributed by atoms with Crippen molar-refractivity contribution in [2.45, 2.75) is 6.54 Å². The van der Waals surface area contributed by atoms with E-state index < -0.39 is 9.84 Å². The second-order valence-electron chi connectivity index (χ2n) is 4.06. The lowest BCUT2D eigenvalue weighted by atomic mass is 10.2. The van der Waals surface area contributed by atoms with E-state index in [4.69, 9.17) is 0 Å². The lowest BCUT2D eigenvalue weighted by Crippen LogP contribution is -2.39. The van der Waals surface area contributed by atoms with Crippen molar-refractivity contribution in [2.24, 2.45) is 0 Å². The first kappa shape index (κ1) is 12.3. The van der Waals surface area contributed by atoms with E-state index in [1.54, 1.807) is 0 Å². The summed E-state index contributed by atoms with van der Waals surface area (Å²) in [5.74, 6) is 0.605. The molecule has 0 radical (unpaired) electrons. The monoisotopic (exact) mass is 351 g/mol. The van der Waals surface area contributed by atoms with E-state index in [-0.39, 0.29) is 0 Å². The molecule has 1 fully saturated rings. The van der Waals surface area contributed by atoms with Crippen molar-refractivity contribution in [3.05, 3.63) is 33.4 Å². The Balaban J connectivity index is 1.97. The topological polar surface area (TPSA) is 37.4 Å². The van der Waals surface area contributed by atoms with Gasteiger partial charge in [-0.25, -0.2) is 8.42 Å². The van der Waals surface area contributed by atoms with Crippen LogP contribution in [0.25, 0.3) is 0 Å². The molecule has 1 aliphatic rings.